The molecule has 1 aromatic carbocycles. The van der Waals surface area contributed by atoms with E-state index in [0.717, 1.165) is 30.7 Å². The van der Waals surface area contributed by atoms with E-state index < -0.39 is 0 Å². The molecule has 3 unspecified atom stereocenters. The van der Waals surface area contributed by atoms with E-state index in [1.807, 2.05) is 0 Å². The Kier molecular flexibility index (Phi) is 3.93. The molecule has 1 nitrogen and oxygen atoms in total. The second-order valence-electron chi connectivity index (χ2n) is 6.32. The number of nitrogens with one attached hydrogen (secondary N) is 1. The first kappa shape index (κ1) is 13.2. The van der Waals surface area contributed by atoms with Gasteiger partial charge in [0, 0.05) is 6.04 Å². The highest BCUT2D eigenvalue weighted by atomic mass is 14.9. The molecular formula is C18H27N. The smallest absolute Gasteiger partial charge is 0.0354 e. The van der Waals surface area contributed by atoms with Crippen LogP contribution in [0.5, 0.6) is 0 Å². The van der Waals surface area contributed by atoms with Gasteiger partial charge < -0.3 is 5.32 Å². The first-order chi connectivity index (χ1) is 9.35. The topological polar surface area (TPSA) is 12.0 Å². The minimum absolute atomic E-state index is 0.601. The third kappa shape index (κ3) is 2.58. The van der Waals surface area contributed by atoms with Gasteiger partial charge in [0.2, 0.25) is 0 Å². The van der Waals surface area contributed by atoms with E-state index in [-0.39, 0.29) is 0 Å². The van der Waals surface area contributed by atoms with Gasteiger partial charge in [-0.2, -0.15) is 0 Å². The first-order valence-electron chi connectivity index (χ1n) is 8.17. The summed E-state index contributed by atoms with van der Waals surface area (Å²) >= 11 is 0. The third-order valence-electron chi connectivity index (χ3n) is 5.28. The van der Waals surface area contributed by atoms with Crippen molar-refractivity contribution in [2.75, 3.05) is 6.54 Å². The van der Waals surface area contributed by atoms with E-state index in [2.05, 4.69) is 43.4 Å². The van der Waals surface area contributed by atoms with E-state index in [0.29, 0.717) is 6.04 Å². The average Bonchev–Trinajstić information content (AvgIpc) is 3.19. The predicted molar refractivity (Wildman–Crippen MR) is 81.2 cm³/mol. The van der Waals surface area contributed by atoms with E-state index in [4.69, 9.17) is 0 Å². The Morgan fingerprint density at radius 3 is 2.21 bits per heavy atom. The maximum absolute atomic E-state index is 3.75. The Bertz CT molecular complexity index is 396. The fourth-order valence-corrected chi connectivity index (χ4v) is 4.20. The number of hydrogen-bond donors (Lipinski definition) is 1. The molecule has 1 N–H and O–H groups in total. The molecule has 0 bridgehead atoms. The molecule has 0 aliphatic heterocycles. The molecule has 2 aliphatic carbocycles. The van der Waals surface area contributed by atoms with E-state index in [9.17, 15) is 0 Å². The van der Waals surface area contributed by atoms with Gasteiger partial charge in [0.15, 0.2) is 0 Å². The fraction of sp³-hybridized carbons (Fsp3) is 0.667. The van der Waals surface area contributed by atoms with E-state index in [1.165, 1.54) is 36.8 Å². The lowest BCUT2D eigenvalue weighted by molar-refractivity contribution is 0.456. The second-order valence-corrected chi connectivity index (χ2v) is 6.32. The minimum Gasteiger partial charge on any atom is -0.310 e. The van der Waals surface area contributed by atoms with Crippen molar-refractivity contribution >= 4 is 0 Å². The summed E-state index contributed by atoms with van der Waals surface area (Å²) in [6, 6.07) is 9.94. The summed E-state index contributed by atoms with van der Waals surface area (Å²) in [6.45, 7) is 5.54. The highest BCUT2D eigenvalue weighted by Crippen LogP contribution is 2.60. The Labute approximate surface area is 117 Å². The quantitative estimate of drug-likeness (QED) is 0.827. The summed E-state index contributed by atoms with van der Waals surface area (Å²) in [6.07, 6.45) is 7.02. The maximum atomic E-state index is 3.75. The van der Waals surface area contributed by atoms with Crippen LogP contribution in [0.3, 0.4) is 0 Å². The number of benzene rings is 1. The Morgan fingerprint density at radius 1 is 1.05 bits per heavy atom. The van der Waals surface area contributed by atoms with Crippen LogP contribution >= 0.6 is 0 Å². The van der Waals surface area contributed by atoms with Crippen LogP contribution in [0.15, 0.2) is 24.3 Å². The van der Waals surface area contributed by atoms with Gasteiger partial charge in [0.1, 0.15) is 0 Å². The third-order valence-corrected chi connectivity index (χ3v) is 5.28. The molecule has 0 saturated heterocycles. The van der Waals surface area contributed by atoms with Crippen LogP contribution in [0.4, 0.5) is 0 Å². The molecule has 0 radical (unpaired) electrons. The fourth-order valence-electron chi connectivity index (χ4n) is 4.20. The molecule has 2 saturated carbocycles. The SMILES string of the molecule is CCNC(c1ccc(CC)cc1)C1C2CCCCC21. The lowest BCUT2D eigenvalue weighted by atomic mass is 9.98. The van der Waals surface area contributed by atoms with Crippen LogP contribution in [0, 0.1) is 17.8 Å². The highest BCUT2D eigenvalue weighted by molar-refractivity contribution is 5.27. The van der Waals surface area contributed by atoms with Crippen LogP contribution in [0.1, 0.15) is 56.7 Å². The highest BCUT2D eigenvalue weighted by Gasteiger charge is 2.54. The van der Waals surface area contributed by atoms with E-state index in [1.54, 1.807) is 0 Å². The molecule has 2 aliphatic rings. The van der Waals surface area contributed by atoms with Crippen LogP contribution in [0.25, 0.3) is 0 Å². The molecule has 19 heavy (non-hydrogen) atoms. The van der Waals surface area contributed by atoms with Gasteiger partial charge in [-0.05, 0) is 54.7 Å². The molecule has 3 atom stereocenters. The largest absolute Gasteiger partial charge is 0.310 e. The van der Waals surface area contributed by atoms with Crippen LogP contribution in [0.2, 0.25) is 0 Å². The number of rotatable bonds is 5. The van der Waals surface area contributed by atoms with Crippen LogP contribution in [-0.2, 0) is 6.42 Å². The summed E-state index contributed by atoms with van der Waals surface area (Å²) in [4.78, 5) is 0. The van der Waals surface area contributed by atoms with Gasteiger partial charge in [0.05, 0.1) is 0 Å². The van der Waals surface area contributed by atoms with Gasteiger partial charge in [-0.25, -0.2) is 0 Å². The van der Waals surface area contributed by atoms with Gasteiger partial charge in [-0.3, -0.25) is 0 Å². The Hall–Kier alpha value is -0.820. The van der Waals surface area contributed by atoms with Crippen LogP contribution in [-0.4, -0.2) is 6.54 Å². The van der Waals surface area contributed by atoms with Crippen LogP contribution < -0.4 is 5.32 Å². The van der Waals surface area contributed by atoms with Crippen molar-refractivity contribution in [2.24, 2.45) is 17.8 Å². The second kappa shape index (κ2) is 5.66. The molecule has 0 aromatic heterocycles. The number of fused-ring (bicyclic) bond motifs is 1. The number of aryl methyl sites for hydroxylation is 1. The summed E-state index contributed by atoms with van der Waals surface area (Å²) in [5.41, 5.74) is 2.96. The zero-order valence-electron chi connectivity index (χ0n) is 12.4. The standard InChI is InChI=1S/C18H27N/c1-3-13-9-11-14(12-10-13)18(19-4-2)17-15-7-5-6-8-16(15)17/h9-12,15-19H,3-8H2,1-2H3. The summed E-state index contributed by atoms with van der Waals surface area (Å²) in [7, 11) is 0. The van der Waals surface area contributed by atoms with Crippen molar-refractivity contribution in [3.63, 3.8) is 0 Å². The molecular weight excluding hydrogens is 230 g/mol. The van der Waals surface area contributed by atoms with Crippen molar-refractivity contribution in [2.45, 2.75) is 52.0 Å². The predicted octanol–water partition coefficient (Wildman–Crippen LogP) is 4.34. The maximum Gasteiger partial charge on any atom is 0.0354 e. The average molecular weight is 257 g/mol. The van der Waals surface area contributed by atoms with Crippen molar-refractivity contribution in [1.82, 2.24) is 5.32 Å². The zero-order chi connectivity index (χ0) is 13.2. The number of hydrogen-bond acceptors (Lipinski definition) is 1. The molecule has 104 valence electrons. The molecule has 3 rings (SSSR count). The molecule has 2 fully saturated rings. The van der Waals surface area contributed by atoms with Gasteiger partial charge in [-0.1, -0.05) is 51.0 Å². The Balaban J connectivity index is 1.76. The monoisotopic (exact) mass is 257 g/mol. The zero-order valence-corrected chi connectivity index (χ0v) is 12.4. The van der Waals surface area contributed by atoms with Crippen molar-refractivity contribution < 1.29 is 0 Å². The lowest BCUT2D eigenvalue weighted by Gasteiger charge is -2.19. The summed E-state index contributed by atoms with van der Waals surface area (Å²) < 4.78 is 0. The van der Waals surface area contributed by atoms with Gasteiger partial charge >= 0.3 is 0 Å². The van der Waals surface area contributed by atoms with Crippen molar-refractivity contribution in [1.29, 1.82) is 0 Å². The van der Waals surface area contributed by atoms with Gasteiger partial charge in [0.25, 0.3) is 0 Å². The molecule has 1 heteroatoms. The Morgan fingerprint density at radius 2 is 1.68 bits per heavy atom. The molecule has 0 heterocycles. The summed E-state index contributed by atoms with van der Waals surface area (Å²) in [5, 5.41) is 3.75. The van der Waals surface area contributed by atoms with Crippen molar-refractivity contribution in [3.8, 4) is 0 Å². The summed E-state index contributed by atoms with van der Waals surface area (Å²) in [5.74, 6) is 2.95. The molecule has 0 amide bonds. The molecule has 0 spiro atoms. The van der Waals surface area contributed by atoms with Crippen molar-refractivity contribution in [3.05, 3.63) is 35.4 Å². The normalized spacial score (nSPS) is 30.7. The lowest BCUT2D eigenvalue weighted by Crippen LogP contribution is -2.23. The molecule has 1 aromatic rings. The van der Waals surface area contributed by atoms with Gasteiger partial charge in [-0.15, -0.1) is 0 Å². The first-order valence-corrected chi connectivity index (χ1v) is 8.17. The minimum atomic E-state index is 0.601. The van der Waals surface area contributed by atoms with E-state index >= 15 is 0 Å².